The monoisotopic (exact) mass is 281 g/mol. The molecule has 0 aromatic heterocycles. The van der Waals surface area contributed by atoms with Crippen LogP contribution in [0.4, 0.5) is 4.39 Å². The number of phenolic OH excluding ortho intramolecular Hbond substituents is 1. The Balaban J connectivity index is 2.27. The lowest BCUT2D eigenvalue weighted by Gasteiger charge is -2.35. The zero-order valence-corrected chi connectivity index (χ0v) is 11.0. The molecule has 2 rings (SSSR count). The molecule has 7 heteroatoms. The Morgan fingerprint density at radius 2 is 2.25 bits per heavy atom. The van der Waals surface area contributed by atoms with Crippen LogP contribution in [0.15, 0.2) is 18.2 Å². The Kier molecular flexibility index (Phi) is 4.19. The second-order valence-corrected chi connectivity index (χ2v) is 4.50. The molecule has 0 saturated carbocycles. The highest BCUT2D eigenvalue weighted by atomic mass is 19.1. The Bertz CT molecular complexity index is 536. The standard InChI is InChI=1S/C13H16FN3O3/c1-15-12(19)11-7-16-4-5-17(11)13(20)9-3-2-8(18)6-10(9)14/h2-3,6,11,16,18H,4-5,7H2,1H3,(H,15,19). The molecule has 1 atom stereocenters. The minimum absolute atomic E-state index is 0.154. The summed E-state index contributed by atoms with van der Waals surface area (Å²) in [5.41, 5.74) is -0.154. The van der Waals surface area contributed by atoms with Crippen LogP contribution in [0.1, 0.15) is 10.4 Å². The van der Waals surface area contributed by atoms with E-state index in [1.165, 1.54) is 24.1 Å². The van der Waals surface area contributed by atoms with Gasteiger partial charge < -0.3 is 20.6 Å². The van der Waals surface area contributed by atoms with Crippen molar-refractivity contribution in [3.63, 3.8) is 0 Å². The Labute approximate surface area is 115 Å². The quantitative estimate of drug-likeness (QED) is 0.694. The molecule has 108 valence electrons. The number of carbonyl (C=O) groups is 2. The van der Waals surface area contributed by atoms with Gasteiger partial charge in [0.2, 0.25) is 5.91 Å². The molecular formula is C13H16FN3O3. The van der Waals surface area contributed by atoms with E-state index < -0.39 is 17.8 Å². The average Bonchev–Trinajstić information content (AvgIpc) is 2.46. The molecule has 1 unspecified atom stereocenters. The van der Waals surface area contributed by atoms with E-state index in [9.17, 15) is 14.0 Å². The summed E-state index contributed by atoms with van der Waals surface area (Å²) >= 11 is 0. The van der Waals surface area contributed by atoms with Crippen molar-refractivity contribution >= 4 is 11.8 Å². The first-order valence-corrected chi connectivity index (χ1v) is 6.26. The normalized spacial score (nSPS) is 18.7. The number of benzene rings is 1. The number of halogens is 1. The summed E-state index contributed by atoms with van der Waals surface area (Å²) < 4.78 is 13.7. The van der Waals surface area contributed by atoms with Crippen LogP contribution in [0.3, 0.4) is 0 Å². The largest absolute Gasteiger partial charge is 0.508 e. The first-order valence-electron chi connectivity index (χ1n) is 6.26. The molecule has 1 aromatic rings. The first kappa shape index (κ1) is 14.3. The average molecular weight is 281 g/mol. The number of nitrogens with one attached hydrogen (secondary N) is 2. The van der Waals surface area contributed by atoms with Crippen molar-refractivity contribution in [2.75, 3.05) is 26.7 Å². The van der Waals surface area contributed by atoms with E-state index in [2.05, 4.69) is 10.6 Å². The third-order valence-electron chi connectivity index (χ3n) is 3.24. The van der Waals surface area contributed by atoms with Gasteiger partial charge in [-0.15, -0.1) is 0 Å². The van der Waals surface area contributed by atoms with Gasteiger partial charge in [0.15, 0.2) is 0 Å². The molecule has 0 bridgehead atoms. The van der Waals surface area contributed by atoms with E-state index in [0.717, 1.165) is 6.07 Å². The van der Waals surface area contributed by atoms with Crippen LogP contribution in [0.2, 0.25) is 0 Å². The first-order chi connectivity index (χ1) is 9.54. The van der Waals surface area contributed by atoms with Crippen molar-refractivity contribution in [3.05, 3.63) is 29.6 Å². The summed E-state index contributed by atoms with van der Waals surface area (Å²) in [6, 6.07) is 2.67. The second kappa shape index (κ2) is 5.87. The molecule has 1 aromatic carbocycles. The third-order valence-corrected chi connectivity index (χ3v) is 3.24. The summed E-state index contributed by atoms with van der Waals surface area (Å²) in [5, 5.41) is 14.7. The van der Waals surface area contributed by atoms with Crippen molar-refractivity contribution in [1.82, 2.24) is 15.5 Å². The summed E-state index contributed by atoms with van der Waals surface area (Å²) in [6.07, 6.45) is 0. The van der Waals surface area contributed by atoms with Crippen LogP contribution < -0.4 is 10.6 Å². The van der Waals surface area contributed by atoms with Crippen LogP contribution in [0, 0.1) is 5.82 Å². The Morgan fingerprint density at radius 3 is 2.90 bits per heavy atom. The summed E-state index contributed by atoms with van der Waals surface area (Å²) in [5.74, 6) is -1.91. The van der Waals surface area contributed by atoms with Crippen molar-refractivity contribution in [2.24, 2.45) is 0 Å². The number of phenols is 1. The minimum atomic E-state index is -0.802. The fourth-order valence-electron chi connectivity index (χ4n) is 2.18. The van der Waals surface area contributed by atoms with Gasteiger partial charge in [-0.3, -0.25) is 9.59 Å². The van der Waals surface area contributed by atoms with Gasteiger partial charge in [0.25, 0.3) is 5.91 Å². The maximum Gasteiger partial charge on any atom is 0.257 e. The van der Waals surface area contributed by atoms with Crippen LogP contribution >= 0.6 is 0 Å². The summed E-state index contributed by atoms with van der Waals surface area (Å²) in [7, 11) is 1.49. The van der Waals surface area contributed by atoms with Crippen LogP contribution in [0.5, 0.6) is 5.75 Å². The lowest BCUT2D eigenvalue weighted by Crippen LogP contribution is -2.59. The number of carbonyl (C=O) groups excluding carboxylic acids is 2. The van der Waals surface area contributed by atoms with E-state index in [4.69, 9.17) is 5.11 Å². The highest BCUT2D eigenvalue weighted by Crippen LogP contribution is 2.18. The number of aromatic hydroxyl groups is 1. The molecule has 0 spiro atoms. The van der Waals surface area contributed by atoms with E-state index in [1.54, 1.807) is 0 Å². The van der Waals surface area contributed by atoms with E-state index in [-0.39, 0.29) is 17.2 Å². The van der Waals surface area contributed by atoms with E-state index in [1.807, 2.05) is 0 Å². The number of nitrogens with zero attached hydrogens (tertiary/aromatic N) is 1. The molecule has 0 aliphatic carbocycles. The molecule has 20 heavy (non-hydrogen) atoms. The number of amides is 2. The second-order valence-electron chi connectivity index (χ2n) is 4.50. The smallest absolute Gasteiger partial charge is 0.257 e. The van der Waals surface area contributed by atoms with Gasteiger partial charge in [-0.1, -0.05) is 0 Å². The molecule has 1 saturated heterocycles. The van der Waals surface area contributed by atoms with Gasteiger partial charge in [0.1, 0.15) is 17.6 Å². The van der Waals surface area contributed by atoms with E-state index in [0.29, 0.717) is 19.6 Å². The molecule has 0 radical (unpaired) electrons. The molecular weight excluding hydrogens is 265 g/mol. The number of rotatable bonds is 2. The fraction of sp³-hybridized carbons (Fsp3) is 0.385. The van der Waals surface area contributed by atoms with Gasteiger partial charge in [-0.25, -0.2) is 4.39 Å². The highest BCUT2D eigenvalue weighted by molar-refractivity contribution is 5.98. The van der Waals surface area contributed by atoms with Gasteiger partial charge in [-0.2, -0.15) is 0 Å². The van der Waals surface area contributed by atoms with Gasteiger partial charge in [0, 0.05) is 32.7 Å². The predicted octanol–water partition coefficient (Wildman–Crippen LogP) is -0.309. The van der Waals surface area contributed by atoms with Gasteiger partial charge in [-0.05, 0) is 12.1 Å². The number of piperazine rings is 1. The lowest BCUT2D eigenvalue weighted by atomic mass is 10.1. The van der Waals surface area contributed by atoms with Crippen molar-refractivity contribution < 1.29 is 19.1 Å². The maximum atomic E-state index is 13.7. The molecule has 1 heterocycles. The number of hydrogen-bond donors (Lipinski definition) is 3. The molecule has 3 N–H and O–H groups in total. The fourth-order valence-corrected chi connectivity index (χ4v) is 2.18. The predicted molar refractivity (Wildman–Crippen MR) is 69.8 cm³/mol. The summed E-state index contributed by atoms with van der Waals surface area (Å²) in [6.45, 7) is 1.18. The van der Waals surface area contributed by atoms with Crippen LogP contribution in [-0.2, 0) is 4.79 Å². The number of likely N-dealkylation sites (N-methyl/N-ethyl adjacent to an activating group) is 1. The molecule has 2 amide bonds. The molecule has 1 fully saturated rings. The van der Waals surface area contributed by atoms with Crippen LogP contribution in [-0.4, -0.2) is 54.5 Å². The zero-order chi connectivity index (χ0) is 14.7. The summed E-state index contributed by atoms with van der Waals surface area (Å²) in [4.78, 5) is 25.5. The van der Waals surface area contributed by atoms with Gasteiger partial charge >= 0.3 is 0 Å². The van der Waals surface area contributed by atoms with E-state index >= 15 is 0 Å². The molecule has 6 nitrogen and oxygen atoms in total. The van der Waals surface area contributed by atoms with Crippen molar-refractivity contribution in [2.45, 2.75) is 6.04 Å². The third kappa shape index (κ3) is 2.72. The minimum Gasteiger partial charge on any atom is -0.508 e. The Hall–Kier alpha value is -2.15. The topological polar surface area (TPSA) is 81.7 Å². The van der Waals surface area contributed by atoms with Crippen molar-refractivity contribution in [1.29, 1.82) is 0 Å². The highest BCUT2D eigenvalue weighted by Gasteiger charge is 2.33. The Morgan fingerprint density at radius 1 is 1.50 bits per heavy atom. The SMILES string of the molecule is CNC(=O)C1CNCCN1C(=O)c1ccc(O)cc1F. The molecule has 1 aliphatic heterocycles. The molecule has 1 aliphatic rings. The van der Waals surface area contributed by atoms with Crippen LogP contribution in [0.25, 0.3) is 0 Å². The zero-order valence-electron chi connectivity index (χ0n) is 11.0. The number of hydrogen-bond acceptors (Lipinski definition) is 4. The van der Waals surface area contributed by atoms with Gasteiger partial charge in [0.05, 0.1) is 5.56 Å². The lowest BCUT2D eigenvalue weighted by molar-refractivity contribution is -0.125. The van der Waals surface area contributed by atoms with Crippen molar-refractivity contribution in [3.8, 4) is 5.75 Å². The maximum absolute atomic E-state index is 13.7.